The number of carbonyl (C=O) groups is 2. The summed E-state index contributed by atoms with van der Waals surface area (Å²) in [5.74, 6) is -0.183. The molecule has 22 heavy (non-hydrogen) atoms. The molecule has 1 aromatic rings. The molecule has 1 atom stereocenters. The molecule has 1 aromatic carbocycles. The lowest BCUT2D eigenvalue weighted by atomic mass is 10.0. The molecule has 2 amide bonds. The summed E-state index contributed by atoms with van der Waals surface area (Å²) in [4.78, 5) is 26.2. The van der Waals surface area contributed by atoms with Crippen LogP contribution in [0.1, 0.15) is 46.9 Å². The van der Waals surface area contributed by atoms with Crippen molar-refractivity contribution in [2.24, 2.45) is 5.73 Å². The van der Waals surface area contributed by atoms with E-state index in [9.17, 15) is 9.59 Å². The van der Waals surface area contributed by atoms with Gasteiger partial charge in [-0.2, -0.15) is 0 Å². The maximum Gasteiger partial charge on any atom is 0.253 e. The number of benzene rings is 1. The Labute approximate surface area is 137 Å². The molecule has 0 radical (unpaired) electrons. The van der Waals surface area contributed by atoms with E-state index in [1.807, 2.05) is 6.92 Å². The van der Waals surface area contributed by atoms with Gasteiger partial charge in [0.05, 0.1) is 0 Å². The van der Waals surface area contributed by atoms with Crippen LogP contribution in [0.3, 0.4) is 0 Å². The zero-order valence-electron chi connectivity index (χ0n) is 12.9. The molecular weight excluding hydrogens is 302 g/mol. The fourth-order valence-corrected chi connectivity index (χ4v) is 2.51. The van der Waals surface area contributed by atoms with Crippen LogP contribution in [0.5, 0.6) is 0 Å². The number of hydrogen-bond acceptors (Lipinski definition) is 3. The topological polar surface area (TPSA) is 75.4 Å². The number of likely N-dealkylation sites (tertiary alicyclic amines) is 1. The molecule has 1 saturated heterocycles. The Bertz CT molecular complexity index is 522. The second-order valence-electron chi connectivity index (χ2n) is 5.49. The van der Waals surface area contributed by atoms with Gasteiger partial charge in [0.25, 0.3) is 11.8 Å². The summed E-state index contributed by atoms with van der Waals surface area (Å²) in [7, 11) is 0. The van der Waals surface area contributed by atoms with Gasteiger partial charge >= 0.3 is 0 Å². The van der Waals surface area contributed by atoms with Gasteiger partial charge in [0, 0.05) is 36.8 Å². The molecular formula is C16H24ClN3O2. The largest absolute Gasteiger partial charge is 0.352 e. The minimum absolute atomic E-state index is 0. The Hall–Kier alpha value is -1.59. The molecule has 1 aliphatic rings. The lowest BCUT2D eigenvalue weighted by Gasteiger charge is -2.30. The quantitative estimate of drug-likeness (QED) is 0.886. The molecule has 3 N–H and O–H groups in total. The van der Waals surface area contributed by atoms with Crippen LogP contribution < -0.4 is 11.1 Å². The van der Waals surface area contributed by atoms with Crippen LogP contribution in [0.4, 0.5) is 0 Å². The number of piperidine rings is 1. The fourth-order valence-electron chi connectivity index (χ4n) is 2.51. The normalized spacial score (nSPS) is 17.5. The molecule has 5 nitrogen and oxygen atoms in total. The van der Waals surface area contributed by atoms with E-state index in [0.717, 1.165) is 25.8 Å². The van der Waals surface area contributed by atoms with E-state index in [1.165, 1.54) is 0 Å². The Morgan fingerprint density at radius 3 is 2.77 bits per heavy atom. The Morgan fingerprint density at radius 2 is 2.09 bits per heavy atom. The molecule has 122 valence electrons. The molecule has 1 aliphatic heterocycles. The van der Waals surface area contributed by atoms with Crippen molar-refractivity contribution in [3.63, 3.8) is 0 Å². The highest BCUT2D eigenvalue weighted by molar-refractivity contribution is 5.99. The number of carbonyl (C=O) groups excluding carboxylic acids is 2. The van der Waals surface area contributed by atoms with Gasteiger partial charge in [-0.3, -0.25) is 9.59 Å². The van der Waals surface area contributed by atoms with Crippen LogP contribution in [0.15, 0.2) is 24.3 Å². The first-order valence-electron chi connectivity index (χ1n) is 7.55. The highest BCUT2D eigenvalue weighted by Crippen LogP contribution is 2.14. The zero-order valence-corrected chi connectivity index (χ0v) is 13.7. The lowest BCUT2D eigenvalue weighted by molar-refractivity contribution is 0.0709. The van der Waals surface area contributed by atoms with Crippen molar-refractivity contribution in [3.8, 4) is 0 Å². The van der Waals surface area contributed by atoms with Crippen molar-refractivity contribution >= 4 is 24.2 Å². The van der Waals surface area contributed by atoms with E-state index >= 15 is 0 Å². The standard InChI is InChI=1S/C16H23N3O2.ClH/c1-2-8-18-15(20)12-5-3-6-13(10-12)16(21)19-9-4-7-14(17)11-19;/h3,5-6,10,14H,2,4,7-9,11,17H2,1H3,(H,18,20);1H. The molecule has 2 rings (SSSR count). The smallest absolute Gasteiger partial charge is 0.253 e. The number of halogens is 1. The van der Waals surface area contributed by atoms with E-state index in [1.54, 1.807) is 29.2 Å². The highest BCUT2D eigenvalue weighted by Gasteiger charge is 2.22. The summed E-state index contributed by atoms with van der Waals surface area (Å²) in [5.41, 5.74) is 6.99. The second-order valence-corrected chi connectivity index (χ2v) is 5.49. The van der Waals surface area contributed by atoms with Crippen LogP contribution >= 0.6 is 12.4 Å². The van der Waals surface area contributed by atoms with Crippen molar-refractivity contribution < 1.29 is 9.59 Å². The number of nitrogens with two attached hydrogens (primary N) is 1. The summed E-state index contributed by atoms with van der Waals surface area (Å²) in [6, 6.07) is 6.94. The van der Waals surface area contributed by atoms with Crippen molar-refractivity contribution in [3.05, 3.63) is 35.4 Å². The van der Waals surface area contributed by atoms with Gasteiger partial charge in [0.15, 0.2) is 0 Å². The predicted octanol–water partition coefficient (Wildman–Crippen LogP) is 1.81. The Balaban J connectivity index is 0.00000242. The van der Waals surface area contributed by atoms with Crippen LogP contribution in [0.2, 0.25) is 0 Å². The number of amides is 2. The van der Waals surface area contributed by atoms with Gasteiger partial charge in [-0.15, -0.1) is 12.4 Å². The molecule has 0 aromatic heterocycles. The van der Waals surface area contributed by atoms with Gasteiger partial charge in [-0.25, -0.2) is 0 Å². The van der Waals surface area contributed by atoms with Crippen molar-refractivity contribution in [1.29, 1.82) is 0 Å². The van der Waals surface area contributed by atoms with Gasteiger partial charge in [0.2, 0.25) is 0 Å². The number of nitrogens with one attached hydrogen (secondary N) is 1. The van der Waals surface area contributed by atoms with Crippen molar-refractivity contribution in [1.82, 2.24) is 10.2 Å². The SMILES string of the molecule is CCCNC(=O)c1cccc(C(=O)N2CCCC(N)C2)c1.Cl. The molecule has 1 unspecified atom stereocenters. The van der Waals surface area contributed by atoms with Crippen LogP contribution in [-0.2, 0) is 0 Å². The van der Waals surface area contributed by atoms with E-state index < -0.39 is 0 Å². The molecule has 0 bridgehead atoms. The molecule has 1 heterocycles. The van der Waals surface area contributed by atoms with Crippen molar-refractivity contribution in [2.45, 2.75) is 32.2 Å². The van der Waals surface area contributed by atoms with Crippen molar-refractivity contribution in [2.75, 3.05) is 19.6 Å². The summed E-state index contributed by atoms with van der Waals surface area (Å²) in [6.07, 6.45) is 2.78. The maximum absolute atomic E-state index is 12.5. The monoisotopic (exact) mass is 325 g/mol. The van der Waals surface area contributed by atoms with E-state index in [-0.39, 0.29) is 30.3 Å². The summed E-state index contributed by atoms with van der Waals surface area (Å²) >= 11 is 0. The van der Waals surface area contributed by atoms with Crippen LogP contribution in [0.25, 0.3) is 0 Å². The molecule has 0 spiro atoms. The third-order valence-corrected chi connectivity index (χ3v) is 3.65. The summed E-state index contributed by atoms with van der Waals surface area (Å²) < 4.78 is 0. The molecule has 6 heteroatoms. The highest BCUT2D eigenvalue weighted by atomic mass is 35.5. The molecule has 1 fully saturated rings. The third kappa shape index (κ3) is 4.71. The predicted molar refractivity (Wildman–Crippen MR) is 89.4 cm³/mol. The summed E-state index contributed by atoms with van der Waals surface area (Å²) in [5, 5.41) is 2.82. The number of hydrogen-bond donors (Lipinski definition) is 2. The van der Waals surface area contributed by atoms with Crippen LogP contribution in [-0.4, -0.2) is 42.4 Å². The van der Waals surface area contributed by atoms with Gasteiger partial charge in [0.1, 0.15) is 0 Å². The minimum atomic E-state index is -0.137. The van der Waals surface area contributed by atoms with E-state index in [2.05, 4.69) is 5.32 Å². The average molecular weight is 326 g/mol. The molecule has 0 aliphatic carbocycles. The van der Waals surface area contributed by atoms with Gasteiger partial charge in [-0.1, -0.05) is 13.0 Å². The van der Waals surface area contributed by atoms with Crippen LogP contribution in [0, 0.1) is 0 Å². The van der Waals surface area contributed by atoms with Gasteiger partial charge in [-0.05, 0) is 37.5 Å². The summed E-state index contributed by atoms with van der Waals surface area (Å²) in [6.45, 7) is 3.96. The van der Waals surface area contributed by atoms with E-state index in [4.69, 9.17) is 5.73 Å². The lowest BCUT2D eigenvalue weighted by Crippen LogP contribution is -2.45. The van der Waals surface area contributed by atoms with Gasteiger partial charge < -0.3 is 16.0 Å². The number of rotatable bonds is 4. The Morgan fingerprint density at radius 1 is 1.36 bits per heavy atom. The minimum Gasteiger partial charge on any atom is -0.352 e. The number of nitrogens with zero attached hydrogens (tertiary/aromatic N) is 1. The first-order valence-corrected chi connectivity index (χ1v) is 7.55. The second kappa shape index (κ2) is 8.76. The fraction of sp³-hybridized carbons (Fsp3) is 0.500. The zero-order chi connectivity index (χ0) is 15.2. The van der Waals surface area contributed by atoms with E-state index in [0.29, 0.717) is 24.2 Å². The maximum atomic E-state index is 12.5. The first-order chi connectivity index (χ1) is 10.1. The third-order valence-electron chi connectivity index (χ3n) is 3.65. The Kier molecular flexibility index (Phi) is 7.35. The first kappa shape index (κ1) is 18.5. The average Bonchev–Trinajstić information content (AvgIpc) is 2.52. The molecule has 0 saturated carbocycles.